The number of aromatic nitrogens is 4. The second kappa shape index (κ2) is 7.17. The fourth-order valence-electron chi connectivity index (χ4n) is 4.19. The first-order chi connectivity index (χ1) is 14.2. The number of benzene rings is 1. The zero-order valence-corrected chi connectivity index (χ0v) is 16.2. The molecule has 1 aliphatic rings. The van der Waals surface area contributed by atoms with Crippen molar-refractivity contribution in [2.75, 3.05) is 0 Å². The van der Waals surface area contributed by atoms with Gasteiger partial charge in [-0.2, -0.15) is 10.2 Å². The Bertz CT molecular complexity index is 1250. The summed E-state index contributed by atoms with van der Waals surface area (Å²) in [5, 5.41) is 9.63. The molecule has 1 atom stereocenters. The van der Waals surface area contributed by atoms with Crippen LogP contribution < -0.4 is 5.56 Å². The van der Waals surface area contributed by atoms with Crippen LogP contribution >= 0.6 is 0 Å². The Morgan fingerprint density at radius 2 is 1.76 bits per heavy atom. The summed E-state index contributed by atoms with van der Waals surface area (Å²) in [4.78, 5) is 12.6. The number of rotatable bonds is 3. The standard InChI is InChI=1S/C24H22N4O/c1-17-9-5-6-12-20(17)28-22(29)15-14-19(25-28)23-21-13-7-8-16-27(21)26-24(23)18-10-3-2-4-11-18/h2-4,7-8,10-11,13-16,20H,1,5-6,9,12H2. The van der Waals surface area contributed by atoms with E-state index in [2.05, 4.69) is 6.58 Å². The molecule has 0 bridgehead atoms. The largest absolute Gasteiger partial charge is 0.268 e. The maximum absolute atomic E-state index is 12.6. The fraction of sp³-hybridized carbons (Fsp3) is 0.208. The highest BCUT2D eigenvalue weighted by molar-refractivity contribution is 5.90. The molecule has 5 nitrogen and oxygen atoms in total. The van der Waals surface area contributed by atoms with E-state index in [1.54, 1.807) is 16.8 Å². The molecule has 5 heteroatoms. The number of nitrogens with zero attached hydrogens (tertiary/aromatic N) is 4. The molecule has 1 aromatic carbocycles. The molecular formula is C24H22N4O. The van der Waals surface area contributed by atoms with Gasteiger partial charge in [-0.15, -0.1) is 0 Å². The van der Waals surface area contributed by atoms with E-state index in [1.807, 2.05) is 59.2 Å². The Labute approximate surface area is 168 Å². The van der Waals surface area contributed by atoms with Crippen LogP contribution in [0.1, 0.15) is 31.7 Å². The van der Waals surface area contributed by atoms with Crippen LogP contribution in [-0.2, 0) is 0 Å². The molecule has 1 saturated carbocycles. The predicted octanol–water partition coefficient (Wildman–Crippen LogP) is 4.90. The summed E-state index contributed by atoms with van der Waals surface area (Å²) in [7, 11) is 0. The van der Waals surface area contributed by atoms with Gasteiger partial charge in [0, 0.05) is 17.8 Å². The summed E-state index contributed by atoms with van der Waals surface area (Å²) in [6.07, 6.45) is 6.03. The fourth-order valence-corrected chi connectivity index (χ4v) is 4.19. The maximum atomic E-state index is 12.6. The quantitative estimate of drug-likeness (QED) is 0.474. The van der Waals surface area contributed by atoms with Gasteiger partial charge in [0.1, 0.15) is 5.69 Å². The average Bonchev–Trinajstić information content (AvgIpc) is 3.15. The van der Waals surface area contributed by atoms with E-state index in [-0.39, 0.29) is 11.6 Å². The van der Waals surface area contributed by atoms with Gasteiger partial charge in [0.15, 0.2) is 0 Å². The van der Waals surface area contributed by atoms with Gasteiger partial charge >= 0.3 is 0 Å². The summed E-state index contributed by atoms with van der Waals surface area (Å²) in [6.45, 7) is 4.20. The van der Waals surface area contributed by atoms with Gasteiger partial charge in [0.05, 0.1) is 22.8 Å². The second-order valence-corrected chi connectivity index (χ2v) is 7.54. The van der Waals surface area contributed by atoms with Gasteiger partial charge in [-0.25, -0.2) is 9.20 Å². The molecule has 29 heavy (non-hydrogen) atoms. The zero-order chi connectivity index (χ0) is 19.8. The number of fused-ring (bicyclic) bond motifs is 1. The lowest BCUT2D eigenvalue weighted by molar-refractivity contribution is 0.398. The van der Waals surface area contributed by atoms with Crippen molar-refractivity contribution >= 4 is 5.52 Å². The van der Waals surface area contributed by atoms with E-state index in [0.717, 1.165) is 59.3 Å². The third-order valence-electron chi connectivity index (χ3n) is 5.66. The Morgan fingerprint density at radius 1 is 0.931 bits per heavy atom. The van der Waals surface area contributed by atoms with E-state index < -0.39 is 0 Å². The SMILES string of the molecule is C=C1CCCCC1n1nc(-c2c(-c3ccccc3)nn3ccccc23)ccc1=O. The number of hydrogen-bond acceptors (Lipinski definition) is 3. The van der Waals surface area contributed by atoms with Crippen molar-refractivity contribution in [3.8, 4) is 22.5 Å². The van der Waals surface area contributed by atoms with Crippen molar-refractivity contribution in [3.63, 3.8) is 0 Å². The molecule has 0 N–H and O–H groups in total. The van der Waals surface area contributed by atoms with Crippen LogP contribution in [0.2, 0.25) is 0 Å². The van der Waals surface area contributed by atoms with E-state index in [9.17, 15) is 4.79 Å². The van der Waals surface area contributed by atoms with Crippen molar-refractivity contribution < 1.29 is 0 Å². The van der Waals surface area contributed by atoms with Crippen LogP contribution in [0.25, 0.3) is 28.0 Å². The normalized spacial score (nSPS) is 17.0. The number of pyridine rings is 1. The van der Waals surface area contributed by atoms with Crippen LogP contribution in [0.4, 0.5) is 0 Å². The van der Waals surface area contributed by atoms with Gasteiger partial charge in [0.2, 0.25) is 0 Å². The van der Waals surface area contributed by atoms with Crippen molar-refractivity contribution in [3.05, 3.63) is 89.4 Å². The van der Waals surface area contributed by atoms with Crippen molar-refractivity contribution in [1.82, 2.24) is 19.4 Å². The van der Waals surface area contributed by atoms with Crippen molar-refractivity contribution in [2.24, 2.45) is 0 Å². The first kappa shape index (κ1) is 17.6. The second-order valence-electron chi connectivity index (χ2n) is 7.54. The minimum absolute atomic E-state index is 0.0294. The van der Waals surface area contributed by atoms with Crippen LogP contribution in [0.5, 0.6) is 0 Å². The van der Waals surface area contributed by atoms with Gasteiger partial charge < -0.3 is 0 Å². The first-order valence-corrected chi connectivity index (χ1v) is 10.0. The molecule has 0 amide bonds. The summed E-state index contributed by atoms with van der Waals surface area (Å²) in [5.41, 5.74) is 5.54. The predicted molar refractivity (Wildman–Crippen MR) is 115 cm³/mol. The molecule has 1 fully saturated rings. The molecule has 3 heterocycles. The highest BCUT2D eigenvalue weighted by Crippen LogP contribution is 2.35. The Hall–Kier alpha value is -3.47. The van der Waals surface area contributed by atoms with Crippen LogP contribution in [0.15, 0.2) is 83.8 Å². The molecule has 5 rings (SSSR count). The molecule has 0 radical (unpaired) electrons. The molecule has 0 saturated heterocycles. The number of allylic oxidation sites excluding steroid dienone is 1. The number of hydrogen-bond donors (Lipinski definition) is 0. The monoisotopic (exact) mass is 382 g/mol. The summed E-state index contributed by atoms with van der Waals surface area (Å²) in [5.74, 6) is 0. The first-order valence-electron chi connectivity index (χ1n) is 10.0. The molecule has 144 valence electrons. The summed E-state index contributed by atoms with van der Waals surface area (Å²) < 4.78 is 3.49. The van der Waals surface area contributed by atoms with E-state index in [4.69, 9.17) is 10.2 Å². The van der Waals surface area contributed by atoms with Crippen molar-refractivity contribution in [1.29, 1.82) is 0 Å². The molecule has 0 spiro atoms. The average molecular weight is 382 g/mol. The summed E-state index contributed by atoms with van der Waals surface area (Å²) >= 11 is 0. The summed E-state index contributed by atoms with van der Waals surface area (Å²) in [6, 6.07) is 19.5. The topological polar surface area (TPSA) is 52.2 Å². The third kappa shape index (κ3) is 3.09. The Kier molecular flexibility index (Phi) is 4.35. The molecule has 1 unspecified atom stereocenters. The van der Waals surface area contributed by atoms with Gasteiger partial charge in [-0.05, 0) is 37.5 Å². The van der Waals surface area contributed by atoms with Crippen LogP contribution in [0.3, 0.4) is 0 Å². The van der Waals surface area contributed by atoms with Gasteiger partial charge in [-0.1, -0.05) is 55.0 Å². The Balaban J connectivity index is 1.73. The van der Waals surface area contributed by atoms with Gasteiger partial charge in [0.25, 0.3) is 5.56 Å². The minimum atomic E-state index is -0.0838. The third-order valence-corrected chi connectivity index (χ3v) is 5.66. The smallest absolute Gasteiger partial charge is 0.267 e. The Morgan fingerprint density at radius 3 is 2.59 bits per heavy atom. The van der Waals surface area contributed by atoms with Gasteiger partial charge in [-0.3, -0.25) is 4.79 Å². The van der Waals surface area contributed by atoms with Crippen LogP contribution in [-0.4, -0.2) is 19.4 Å². The molecule has 0 aliphatic heterocycles. The minimum Gasteiger partial charge on any atom is -0.268 e. The van der Waals surface area contributed by atoms with E-state index >= 15 is 0 Å². The van der Waals surface area contributed by atoms with E-state index in [1.165, 1.54) is 0 Å². The maximum Gasteiger partial charge on any atom is 0.267 e. The highest BCUT2D eigenvalue weighted by Gasteiger charge is 2.23. The lowest BCUT2D eigenvalue weighted by atomic mass is 9.91. The molecule has 4 aromatic rings. The van der Waals surface area contributed by atoms with Crippen LogP contribution in [0, 0.1) is 0 Å². The lowest BCUT2D eigenvalue weighted by Crippen LogP contribution is -2.29. The van der Waals surface area contributed by atoms with E-state index in [0.29, 0.717) is 0 Å². The molecular weight excluding hydrogens is 360 g/mol. The zero-order valence-electron chi connectivity index (χ0n) is 16.2. The highest BCUT2D eigenvalue weighted by atomic mass is 16.1. The van der Waals surface area contributed by atoms with Crippen molar-refractivity contribution in [2.45, 2.75) is 31.7 Å². The molecule has 1 aliphatic carbocycles. The lowest BCUT2D eigenvalue weighted by Gasteiger charge is -2.25. The molecule has 3 aromatic heterocycles.